The molecule has 7 heteroatoms. The molecular formula is C30H34N4O3. The summed E-state index contributed by atoms with van der Waals surface area (Å²) in [5.41, 5.74) is 5.63. The summed E-state index contributed by atoms with van der Waals surface area (Å²) >= 11 is 0. The Morgan fingerprint density at radius 2 is 1.62 bits per heavy atom. The van der Waals surface area contributed by atoms with Crippen LogP contribution in [0.25, 0.3) is 16.9 Å². The fourth-order valence-corrected chi connectivity index (χ4v) is 4.05. The van der Waals surface area contributed by atoms with Crippen LogP contribution in [0, 0.1) is 0 Å². The van der Waals surface area contributed by atoms with Crippen LogP contribution in [0.1, 0.15) is 80.3 Å². The summed E-state index contributed by atoms with van der Waals surface area (Å²) in [6.07, 6.45) is 3.09. The molecule has 0 saturated carbocycles. The Morgan fingerprint density at radius 1 is 0.946 bits per heavy atom. The highest BCUT2D eigenvalue weighted by Crippen LogP contribution is 2.31. The number of rotatable bonds is 5. The van der Waals surface area contributed by atoms with E-state index < -0.39 is 5.97 Å². The van der Waals surface area contributed by atoms with Crippen molar-refractivity contribution in [1.29, 1.82) is 0 Å². The highest BCUT2D eigenvalue weighted by atomic mass is 16.5. The molecule has 7 nitrogen and oxygen atoms in total. The number of aromatic nitrogens is 3. The van der Waals surface area contributed by atoms with E-state index in [0.717, 1.165) is 22.4 Å². The second-order valence-electron chi connectivity index (χ2n) is 11.2. The van der Waals surface area contributed by atoms with Gasteiger partial charge in [0, 0.05) is 23.0 Å². The number of hydrogen-bond donors (Lipinski definition) is 1. The van der Waals surface area contributed by atoms with Gasteiger partial charge in [0.1, 0.15) is 5.56 Å². The Hall–Kier alpha value is -4.00. The van der Waals surface area contributed by atoms with Gasteiger partial charge in [-0.3, -0.25) is 4.79 Å². The van der Waals surface area contributed by atoms with Crippen LogP contribution in [0.5, 0.6) is 0 Å². The summed E-state index contributed by atoms with van der Waals surface area (Å²) in [4.78, 5) is 30.0. The number of amides is 1. The fourth-order valence-electron chi connectivity index (χ4n) is 4.05. The maximum absolute atomic E-state index is 13.4. The molecule has 192 valence electrons. The average Bonchev–Trinajstić information content (AvgIpc) is 3.27. The Morgan fingerprint density at radius 3 is 2.24 bits per heavy atom. The van der Waals surface area contributed by atoms with Gasteiger partial charge in [-0.15, -0.1) is 0 Å². The Kier molecular flexibility index (Phi) is 6.91. The third-order valence-electron chi connectivity index (χ3n) is 6.24. The fraction of sp³-hybridized carbons (Fsp3) is 0.333. The van der Waals surface area contributed by atoms with E-state index in [4.69, 9.17) is 4.74 Å². The molecule has 4 aromatic rings. The number of ether oxygens (including phenoxy) is 1. The molecular weight excluding hydrogens is 464 g/mol. The van der Waals surface area contributed by atoms with Crippen molar-refractivity contribution >= 4 is 23.2 Å². The second-order valence-corrected chi connectivity index (χ2v) is 11.2. The number of fused-ring (bicyclic) bond motifs is 1. The SMILES string of the molecule is CCOC(=O)c1cnn2c(-c3cccc(NC(=O)c4cc(C(C)(C)C)cc(C(C)(C)C)c4)c3)ccnc12. The lowest BCUT2D eigenvalue weighted by atomic mass is 9.79. The van der Waals surface area contributed by atoms with Gasteiger partial charge in [0.2, 0.25) is 0 Å². The zero-order valence-electron chi connectivity index (χ0n) is 22.5. The van der Waals surface area contributed by atoms with Crippen LogP contribution in [0.3, 0.4) is 0 Å². The normalized spacial score (nSPS) is 12.0. The third-order valence-corrected chi connectivity index (χ3v) is 6.24. The van der Waals surface area contributed by atoms with Crippen molar-refractivity contribution in [3.8, 4) is 11.3 Å². The lowest BCUT2D eigenvalue weighted by Gasteiger charge is -2.26. The van der Waals surface area contributed by atoms with Crippen LogP contribution < -0.4 is 5.32 Å². The first-order valence-corrected chi connectivity index (χ1v) is 12.5. The molecule has 0 unspecified atom stereocenters. The maximum Gasteiger partial charge on any atom is 0.343 e. The summed E-state index contributed by atoms with van der Waals surface area (Å²) in [5.74, 6) is -0.632. The molecule has 0 spiro atoms. The molecule has 0 bridgehead atoms. The lowest BCUT2D eigenvalue weighted by Crippen LogP contribution is -2.20. The summed E-state index contributed by atoms with van der Waals surface area (Å²) in [7, 11) is 0. The number of nitrogens with one attached hydrogen (secondary N) is 1. The van der Waals surface area contributed by atoms with Crippen molar-refractivity contribution in [2.45, 2.75) is 59.3 Å². The largest absolute Gasteiger partial charge is 0.462 e. The van der Waals surface area contributed by atoms with Crippen LogP contribution in [0.15, 0.2) is 60.9 Å². The Balaban J connectivity index is 1.68. The molecule has 0 aliphatic carbocycles. The predicted octanol–water partition coefficient (Wildman–Crippen LogP) is 6.42. The van der Waals surface area contributed by atoms with E-state index in [-0.39, 0.29) is 23.3 Å². The second kappa shape index (κ2) is 9.81. The molecule has 4 rings (SSSR count). The first-order chi connectivity index (χ1) is 17.4. The van der Waals surface area contributed by atoms with Crippen molar-refractivity contribution in [2.24, 2.45) is 0 Å². The summed E-state index contributed by atoms with van der Waals surface area (Å²) in [5, 5.41) is 7.42. The van der Waals surface area contributed by atoms with E-state index in [2.05, 4.69) is 63.0 Å². The number of anilines is 1. The molecule has 1 amide bonds. The van der Waals surface area contributed by atoms with Crippen LogP contribution in [0.2, 0.25) is 0 Å². The number of benzene rings is 2. The van der Waals surface area contributed by atoms with E-state index >= 15 is 0 Å². The number of hydrogen-bond acceptors (Lipinski definition) is 5. The number of carbonyl (C=O) groups excluding carboxylic acids is 2. The van der Waals surface area contributed by atoms with Gasteiger partial charge < -0.3 is 10.1 Å². The standard InChI is InChI=1S/C30H34N4O3/c1-8-37-28(36)24-18-32-34-25(12-13-31-26(24)34)19-10-9-11-23(16-19)33-27(35)20-14-21(29(2,3)4)17-22(15-20)30(5,6)7/h9-18H,8H2,1-7H3,(H,33,35). The molecule has 0 aliphatic heterocycles. The van der Waals surface area contributed by atoms with E-state index in [1.54, 1.807) is 17.6 Å². The molecule has 0 saturated heterocycles. The van der Waals surface area contributed by atoms with Gasteiger partial charge in [0.15, 0.2) is 5.65 Å². The first kappa shape index (κ1) is 26.1. The summed E-state index contributed by atoms with van der Waals surface area (Å²) in [6.45, 7) is 14.9. The molecule has 0 aliphatic rings. The van der Waals surface area contributed by atoms with Crippen LogP contribution in [0.4, 0.5) is 5.69 Å². The van der Waals surface area contributed by atoms with Crippen molar-refractivity contribution in [3.63, 3.8) is 0 Å². The lowest BCUT2D eigenvalue weighted by molar-refractivity contribution is 0.0528. The number of nitrogens with zero attached hydrogens (tertiary/aromatic N) is 3. The van der Waals surface area contributed by atoms with Crippen molar-refractivity contribution in [1.82, 2.24) is 14.6 Å². The molecule has 2 aromatic carbocycles. The molecule has 1 N–H and O–H groups in total. The molecule has 37 heavy (non-hydrogen) atoms. The maximum atomic E-state index is 13.4. The monoisotopic (exact) mass is 498 g/mol. The van der Waals surface area contributed by atoms with Crippen LogP contribution >= 0.6 is 0 Å². The van der Waals surface area contributed by atoms with E-state index in [1.165, 1.54) is 6.20 Å². The van der Waals surface area contributed by atoms with Crippen molar-refractivity contribution < 1.29 is 14.3 Å². The van der Waals surface area contributed by atoms with E-state index in [1.807, 2.05) is 42.5 Å². The minimum Gasteiger partial charge on any atom is -0.462 e. The summed E-state index contributed by atoms with van der Waals surface area (Å²) < 4.78 is 6.73. The highest BCUT2D eigenvalue weighted by molar-refractivity contribution is 6.05. The minimum absolute atomic E-state index is 0.0882. The quantitative estimate of drug-likeness (QED) is 0.321. The van der Waals surface area contributed by atoms with E-state index in [0.29, 0.717) is 22.5 Å². The molecule has 0 fully saturated rings. The topological polar surface area (TPSA) is 85.6 Å². The van der Waals surface area contributed by atoms with Crippen LogP contribution in [-0.4, -0.2) is 33.1 Å². The highest BCUT2D eigenvalue weighted by Gasteiger charge is 2.23. The minimum atomic E-state index is -0.463. The summed E-state index contributed by atoms with van der Waals surface area (Å²) in [6, 6.07) is 15.5. The molecule has 0 atom stereocenters. The zero-order valence-corrected chi connectivity index (χ0v) is 22.5. The van der Waals surface area contributed by atoms with Crippen molar-refractivity contribution in [3.05, 3.63) is 83.2 Å². The van der Waals surface area contributed by atoms with E-state index in [9.17, 15) is 9.59 Å². The molecule has 2 heterocycles. The smallest absolute Gasteiger partial charge is 0.343 e. The van der Waals surface area contributed by atoms with Crippen LogP contribution in [-0.2, 0) is 15.6 Å². The number of carbonyl (C=O) groups is 2. The predicted molar refractivity (Wildman–Crippen MR) is 146 cm³/mol. The Labute approximate surface area is 217 Å². The zero-order chi connectivity index (χ0) is 27.0. The van der Waals surface area contributed by atoms with Gasteiger partial charge in [0.25, 0.3) is 5.91 Å². The van der Waals surface area contributed by atoms with Gasteiger partial charge >= 0.3 is 5.97 Å². The Bertz CT molecular complexity index is 1440. The van der Waals surface area contributed by atoms with Gasteiger partial charge in [-0.2, -0.15) is 5.10 Å². The average molecular weight is 499 g/mol. The first-order valence-electron chi connectivity index (χ1n) is 12.5. The third kappa shape index (κ3) is 5.56. The van der Waals surface area contributed by atoms with Gasteiger partial charge in [-0.25, -0.2) is 14.3 Å². The van der Waals surface area contributed by atoms with Gasteiger partial charge in [-0.1, -0.05) is 59.7 Å². The number of esters is 1. The molecule has 2 aromatic heterocycles. The molecule has 0 radical (unpaired) electrons. The van der Waals surface area contributed by atoms with Gasteiger partial charge in [0.05, 0.1) is 18.5 Å². The van der Waals surface area contributed by atoms with Gasteiger partial charge in [-0.05, 0) is 59.2 Å². The van der Waals surface area contributed by atoms with Crippen molar-refractivity contribution in [2.75, 3.05) is 11.9 Å².